The molecule has 2 heterocycles. The summed E-state index contributed by atoms with van der Waals surface area (Å²) in [6, 6.07) is 7.82. The summed E-state index contributed by atoms with van der Waals surface area (Å²) in [6.45, 7) is 0. The zero-order valence-corrected chi connectivity index (χ0v) is 9.09. The van der Waals surface area contributed by atoms with Crippen LogP contribution >= 0.6 is 0 Å². The van der Waals surface area contributed by atoms with Crippen LogP contribution in [0.3, 0.4) is 0 Å². The fourth-order valence-electron chi connectivity index (χ4n) is 2.20. The van der Waals surface area contributed by atoms with E-state index in [4.69, 9.17) is 9.84 Å². The SMILES string of the molecule is O=C(O)C1CCc2c(cnc3ccccc23)O1. The lowest BCUT2D eigenvalue weighted by Crippen LogP contribution is -2.31. The molecule has 0 spiro atoms. The number of benzene rings is 1. The minimum atomic E-state index is -0.913. The topological polar surface area (TPSA) is 59.4 Å². The number of aromatic nitrogens is 1. The quantitative estimate of drug-likeness (QED) is 0.812. The van der Waals surface area contributed by atoms with Crippen molar-refractivity contribution in [2.75, 3.05) is 0 Å². The van der Waals surface area contributed by atoms with E-state index in [0.717, 1.165) is 22.9 Å². The van der Waals surface area contributed by atoms with Crippen molar-refractivity contribution in [1.82, 2.24) is 4.98 Å². The fraction of sp³-hybridized carbons (Fsp3) is 0.231. The van der Waals surface area contributed by atoms with E-state index in [1.54, 1.807) is 6.20 Å². The number of carboxylic acid groups (broad SMARTS) is 1. The molecule has 0 fully saturated rings. The van der Waals surface area contributed by atoms with Gasteiger partial charge in [0.25, 0.3) is 0 Å². The zero-order valence-electron chi connectivity index (χ0n) is 9.09. The van der Waals surface area contributed by atoms with Gasteiger partial charge in [-0.15, -0.1) is 0 Å². The standard InChI is InChI=1S/C13H11NO3/c15-13(16)11-6-5-9-8-3-1-2-4-10(8)14-7-12(9)17-11/h1-4,7,11H,5-6H2,(H,15,16). The number of carbonyl (C=O) groups is 1. The largest absolute Gasteiger partial charge is 0.479 e. The molecule has 0 saturated carbocycles. The van der Waals surface area contributed by atoms with Gasteiger partial charge in [-0.2, -0.15) is 0 Å². The van der Waals surface area contributed by atoms with E-state index in [1.165, 1.54) is 0 Å². The first-order valence-corrected chi connectivity index (χ1v) is 5.52. The van der Waals surface area contributed by atoms with Crippen LogP contribution < -0.4 is 4.74 Å². The summed E-state index contributed by atoms with van der Waals surface area (Å²) in [4.78, 5) is 15.2. The number of hydrogen-bond acceptors (Lipinski definition) is 3. The maximum absolute atomic E-state index is 10.9. The summed E-state index contributed by atoms with van der Waals surface area (Å²) in [7, 11) is 0. The third kappa shape index (κ3) is 1.62. The summed E-state index contributed by atoms with van der Waals surface area (Å²) < 4.78 is 5.44. The highest BCUT2D eigenvalue weighted by atomic mass is 16.5. The van der Waals surface area contributed by atoms with Crippen LogP contribution in [0.15, 0.2) is 30.5 Å². The van der Waals surface area contributed by atoms with Crippen LogP contribution in [0.1, 0.15) is 12.0 Å². The molecule has 86 valence electrons. The van der Waals surface area contributed by atoms with Crippen molar-refractivity contribution in [3.63, 3.8) is 0 Å². The van der Waals surface area contributed by atoms with Crippen LogP contribution in [0.25, 0.3) is 10.9 Å². The number of rotatable bonds is 1. The Morgan fingerprint density at radius 2 is 2.24 bits per heavy atom. The van der Waals surface area contributed by atoms with Crippen LogP contribution in [-0.2, 0) is 11.2 Å². The highest BCUT2D eigenvalue weighted by Gasteiger charge is 2.26. The van der Waals surface area contributed by atoms with E-state index in [2.05, 4.69) is 4.98 Å². The monoisotopic (exact) mass is 229 g/mol. The Morgan fingerprint density at radius 3 is 3.06 bits per heavy atom. The molecule has 17 heavy (non-hydrogen) atoms. The van der Waals surface area contributed by atoms with Crippen molar-refractivity contribution in [2.24, 2.45) is 0 Å². The number of nitrogens with zero attached hydrogens (tertiary/aromatic N) is 1. The van der Waals surface area contributed by atoms with Crippen LogP contribution in [-0.4, -0.2) is 22.2 Å². The zero-order chi connectivity index (χ0) is 11.8. The van der Waals surface area contributed by atoms with E-state index in [-0.39, 0.29) is 0 Å². The van der Waals surface area contributed by atoms with Crippen molar-refractivity contribution < 1.29 is 14.6 Å². The summed E-state index contributed by atoms with van der Waals surface area (Å²) >= 11 is 0. The first kappa shape index (κ1) is 10.1. The molecule has 1 aliphatic heterocycles. The number of aliphatic carboxylic acids is 1. The molecule has 4 heteroatoms. The number of fused-ring (bicyclic) bond motifs is 3. The predicted molar refractivity (Wildman–Crippen MR) is 62.1 cm³/mol. The molecule has 4 nitrogen and oxygen atoms in total. The van der Waals surface area contributed by atoms with E-state index in [9.17, 15) is 4.79 Å². The Bertz CT molecular complexity index is 594. The fourth-order valence-corrected chi connectivity index (χ4v) is 2.20. The smallest absolute Gasteiger partial charge is 0.344 e. The van der Waals surface area contributed by atoms with Gasteiger partial charge in [0.1, 0.15) is 5.75 Å². The maximum atomic E-state index is 10.9. The van der Waals surface area contributed by atoms with Crippen LogP contribution in [0, 0.1) is 0 Å². The van der Waals surface area contributed by atoms with Gasteiger partial charge < -0.3 is 9.84 Å². The molecule has 1 aliphatic rings. The highest BCUT2D eigenvalue weighted by molar-refractivity contribution is 5.84. The number of pyridine rings is 1. The Morgan fingerprint density at radius 1 is 1.41 bits per heavy atom. The van der Waals surface area contributed by atoms with E-state index < -0.39 is 12.1 Å². The molecule has 1 atom stereocenters. The first-order valence-electron chi connectivity index (χ1n) is 5.52. The molecule has 0 aliphatic carbocycles. The molecule has 0 saturated heterocycles. The van der Waals surface area contributed by atoms with Crippen LogP contribution in [0.5, 0.6) is 5.75 Å². The normalized spacial score (nSPS) is 18.5. The van der Waals surface area contributed by atoms with Gasteiger partial charge >= 0.3 is 5.97 Å². The number of aryl methyl sites for hydroxylation is 1. The van der Waals surface area contributed by atoms with Crippen molar-refractivity contribution in [1.29, 1.82) is 0 Å². The van der Waals surface area contributed by atoms with Gasteiger partial charge in [-0.25, -0.2) is 4.79 Å². The number of para-hydroxylation sites is 1. The third-order valence-corrected chi connectivity index (χ3v) is 3.05. The molecular formula is C13H11NO3. The molecule has 1 unspecified atom stereocenters. The lowest BCUT2D eigenvalue weighted by Gasteiger charge is -2.23. The molecule has 0 amide bonds. The van der Waals surface area contributed by atoms with Gasteiger partial charge in [0.2, 0.25) is 0 Å². The van der Waals surface area contributed by atoms with Gasteiger partial charge in [-0.05, 0) is 18.9 Å². The molecule has 2 aromatic rings. The molecule has 3 rings (SSSR count). The molecule has 1 aromatic heterocycles. The van der Waals surface area contributed by atoms with E-state index in [0.29, 0.717) is 12.2 Å². The third-order valence-electron chi connectivity index (χ3n) is 3.05. The lowest BCUT2D eigenvalue weighted by molar-refractivity contribution is -0.145. The second-order valence-electron chi connectivity index (χ2n) is 4.10. The summed E-state index contributed by atoms with van der Waals surface area (Å²) in [5.41, 5.74) is 1.98. The van der Waals surface area contributed by atoms with E-state index in [1.807, 2.05) is 24.3 Å². The average Bonchev–Trinajstić information content (AvgIpc) is 2.38. The van der Waals surface area contributed by atoms with Crippen molar-refractivity contribution >= 4 is 16.9 Å². The molecule has 1 N–H and O–H groups in total. The summed E-state index contributed by atoms with van der Waals surface area (Å²) in [6.07, 6.45) is 2.10. The Hall–Kier alpha value is -2.10. The second-order valence-corrected chi connectivity index (χ2v) is 4.10. The number of carboxylic acids is 1. The van der Waals surface area contributed by atoms with Crippen molar-refractivity contribution in [3.8, 4) is 5.75 Å². The number of hydrogen-bond donors (Lipinski definition) is 1. The average molecular weight is 229 g/mol. The molecule has 0 radical (unpaired) electrons. The summed E-state index contributed by atoms with van der Waals surface area (Å²) in [5.74, 6) is -0.314. The van der Waals surface area contributed by atoms with Crippen LogP contribution in [0.2, 0.25) is 0 Å². The lowest BCUT2D eigenvalue weighted by atomic mass is 9.99. The Kier molecular flexibility index (Phi) is 2.21. The Balaban J connectivity index is 2.11. The predicted octanol–water partition coefficient (Wildman–Crippen LogP) is 2.01. The first-order chi connectivity index (χ1) is 8.25. The van der Waals surface area contributed by atoms with Gasteiger partial charge in [0, 0.05) is 10.9 Å². The van der Waals surface area contributed by atoms with Crippen molar-refractivity contribution in [3.05, 3.63) is 36.0 Å². The van der Waals surface area contributed by atoms with Gasteiger partial charge in [-0.3, -0.25) is 4.98 Å². The second kappa shape index (κ2) is 3.73. The summed E-state index contributed by atoms with van der Waals surface area (Å²) in [5, 5.41) is 9.98. The van der Waals surface area contributed by atoms with Gasteiger partial charge in [0.05, 0.1) is 11.7 Å². The molecule has 0 bridgehead atoms. The number of ether oxygens (including phenoxy) is 1. The molecular weight excluding hydrogens is 218 g/mol. The molecule has 1 aromatic carbocycles. The van der Waals surface area contributed by atoms with Gasteiger partial charge in [-0.1, -0.05) is 18.2 Å². The van der Waals surface area contributed by atoms with Crippen molar-refractivity contribution in [2.45, 2.75) is 18.9 Å². The highest BCUT2D eigenvalue weighted by Crippen LogP contribution is 2.32. The Labute approximate surface area is 97.9 Å². The van der Waals surface area contributed by atoms with Crippen LogP contribution in [0.4, 0.5) is 0 Å². The van der Waals surface area contributed by atoms with E-state index >= 15 is 0 Å². The maximum Gasteiger partial charge on any atom is 0.344 e. The minimum Gasteiger partial charge on any atom is -0.479 e. The minimum absolute atomic E-state index is 0.510. The van der Waals surface area contributed by atoms with Gasteiger partial charge in [0.15, 0.2) is 6.10 Å².